The van der Waals surface area contributed by atoms with Crippen LogP contribution in [0.25, 0.3) is 0 Å². The van der Waals surface area contributed by atoms with Crippen molar-refractivity contribution in [3.63, 3.8) is 0 Å². The van der Waals surface area contributed by atoms with E-state index in [1.807, 2.05) is 0 Å². The van der Waals surface area contributed by atoms with Crippen molar-refractivity contribution in [2.24, 2.45) is 0 Å². The molecule has 0 atom stereocenters. The molecule has 4 nitrogen and oxygen atoms in total. The Labute approximate surface area is 131 Å². The molecule has 0 aliphatic rings. The van der Waals surface area contributed by atoms with Crippen LogP contribution < -0.4 is 0 Å². The van der Waals surface area contributed by atoms with Crippen molar-refractivity contribution in [1.82, 2.24) is 0 Å². The fourth-order valence-electron chi connectivity index (χ4n) is 2.03. The first-order valence-corrected chi connectivity index (χ1v) is 9.85. The molecule has 0 saturated carbocycles. The quantitative estimate of drug-likeness (QED) is 0.432. The zero-order chi connectivity index (χ0) is 15.7. The van der Waals surface area contributed by atoms with E-state index in [2.05, 4.69) is 6.92 Å². The number of aliphatic hydroxyl groups is 1. The highest BCUT2D eigenvalue weighted by atomic mass is 28.4. The second-order valence-corrected chi connectivity index (χ2v) is 7.93. The molecule has 0 aliphatic heterocycles. The summed E-state index contributed by atoms with van der Waals surface area (Å²) in [7, 11) is 2.75. The number of unbranched alkanes of at least 4 members (excludes halogenated alkanes) is 7. The van der Waals surface area contributed by atoms with Crippen LogP contribution in [-0.4, -0.2) is 41.8 Å². The molecule has 0 aromatic rings. The summed E-state index contributed by atoms with van der Waals surface area (Å²) >= 11 is 0. The van der Waals surface area contributed by atoms with E-state index in [-0.39, 0.29) is 11.3 Å². The van der Waals surface area contributed by atoms with Gasteiger partial charge in [-0.1, -0.05) is 51.9 Å². The van der Waals surface area contributed by atoms with Gasteiger partial charge in [0.05, 0.1) is 0 Å². The van der Waals surface area contributed by atoms with Crippen LogP contribution in [0.2, 0.25) is 6.04 Å². The van der Waals surface area contributed by atoms with Gasteiger partial charge in [0.1, 0.15) is 0 Å². The van der Waals surface area contributed by atoms with Crippen molar-refractivity contribution in [2.45, 2.75) is 71.3 Å². The second kappa shape index (κ2) is 20.0. The molecule has 0 unspecified atom stereocenters. The van der Waals surface area contributed by atoms with Crippen LogP contribution in [0, 0.1) is 0 Å². The molecule has 0 saturated heterocycles. The lowest BCUT2D eigenvalue weighted by Gasteiger charge is -2.24. The molecule has 6 heteroatoms. The summed E-state index contributed by atoms with van der Waals surface area (Å²) in [6.07, 6.45) is 10.6. The average Bonchev–Trinajstić information content (AvgIpc) is 2.47. The molecular formula is C15H37FO4Si. The van der Waals surface area contributed by atoms with E-state index in [9.17, 15) is 0 Å². The Morgan fingerprint density at radius 3 is 1.38 bits per heavy atom. The average molecular weight is 329 g/mol. The van der Waals surface area contributed by atoms with E-state index in [4.69, 9.17) is 18.4 Å². The molecule has 0 heterocycles. The minimum atomic E-state index is -2.30. The molecule has 132 valence electrons. The molecule has 0 spiro atoms. The van der Waals surface area contributed by atoms with Crippen LogP contribution in [0.15, 0.2) is 0 Å². The van der Waals surface area contributed by atoms with Crippen LogP contribution in [0.4, 0.5) is 4.70 Å². The van der Waals surface area contributed by atoms with Gasteiger partial charge >= 0.3 is 8.80 Å². The Kier molecular flexibility index (Phi) is 24.7. The predicted octanol–water partition coefficient (Wildman–Crippen LogP) is 4.16. The molecule has 0 aliphatic carbocycles. The monoisotopic (exact) mass is 328 g/mol. The lowest BCUT2D eigenvalue weighted by Crippen LogP contribution is -2.42. The van der Waals surface area contributed by atoms with E-state index in [1.165, 1.54) is 44.9 Å². The summed E-state index contributed by atoms with van der Waals surface area (Å²) in [6.45, 7) is 4.18. The van der Waals surface area contributed by atoms with Crippen LogP contribution in [0.1, 0.15) is 65.2 Å². The van der Waals surface area contributed by atoms with Gasteiger partial charge in [0.2, 0.25) is 0 Å². The van der Waals surface area contributed by atoms with Crippen LogP contribution in [-0.2, 0) is 13.3 Å². The Morgan fingerprint density at radius 2 is 1.05 bits per heavy atom. The molecule has 0 bridgehead atoms. The molecule has 0 aromatic carbocycles. The first kappa shape index (κ1) is 25.9. The number of aliphatic hydroxyl groups excluding tert-OH is 1. The molecule has 1 N–H and O–H groups in total. The summed E-state index contributed by atoms with van der Waals surface area (Å²) in [5, 5.41) is 7.57. The van der Waals surface area contributed by atoms with Gasteiger partial charge in [-0.3, -0.25) is 4.70 Å². The third kappa shape index (κ3) is 16.2. The maximum atomic E-state index is 7.57. The first-order chi connectivity index (χ1) is 9.66. The maximum absolute atomic E-state index is 7.57. The summed E-state index contributed by atoms with van der Waals surface area (Å²) in [5.74, 6) is 0. The minimum absolute atomic E-state index is 0. The zero-order valence-electron chi connectivity index (χ0n) is 14.7. The number of hydrogen-bond acceptors (Lipinski definition) is 4. The lowest BCUT2D eigenvalue weighted by molar-refractivity contribution is 0.122. The van der Waals surface area contributed by atoms with Gasteiger partial charge in [0.25, 0.3) is 0 Å². The molecule has 0 radical (unpaired) electrons. The Morgan fingerprint density at radius 1 is 0.714 bits per heavy atom. The van der Waals surface area contributed by atoms with Crippen molar-refractivity contribution in [3.8, 4) is 0 Å². The highest BCUT2D eigenvalue weighted by Gasteiger charge is 2.36. The van der Waals surface area contributed by atoms with E-state index in [0.29, 0.717) is 0 Å². The van der Waals surface area contributed by atoms with Gasteiger partial charge in [-0.25, -0.2) is 0 Å². The van der Waals surface area contributed by atoms with E-state index < -0.39 is 8.80 Å². The van der Waals surface area contributed by atoms with Crippen molar-refractivity contribution in [3.05, 3.63) is 0 Å². The van der Waals surface area contributed by atoms with E-state index in [1.54, 1.807) is 28.3 Å². The van der Waals surface area contributed by atoms with Gasteiger partial charge in [-0.15, -0.1) is 0 Å². The Balaban J connectivity index is -0.000000740. The molecule has 0 fully saturated rings. The summed E-state index contributed by atoms with van der Waals surface area (Å²) in [6, 6.07) is 0.936. The largest absolute Gasteiger partial charge is 0.500 e. The smallest absolute Gasteiger partial charge is 0.397 e. The predicted molar refractivity (Wildman–Crippen MR) is 89.5 cm³/mol. The van der Waals surface area contributed by atoms with Crippen molar-refractivity contribution in [1.29, 1.82) is 0 Å². The molecule has 21 heavy (non-hydrogen) atoms. The first-order valence-electron chi connectivity index (χ1n) is 7.92. The number of halogens is 1. The van der Waals surface area contributed by atoms with Crippen LogP contribution in [0.5, 0.6) is 0 Å². The van der Waals surface area contributed by atoms with Gasteiger partial charge in [-0.05, 0) is 13.3 Å². The van der Waals surface area contributed by atoms with Gasteiger partial charge in [-0.2, -0.15) is 0 Å². The standard InChI is InChI=1S/C13H30O3Si.C2H6O.FH/c1-5-6-7-8-9-10-11-12-13-17(14-2,15-3)16-4;1-2-3;/h5-13H2,1-4H3;3H,2H2,1H3;1H. The van der Waals surface area contributed by atoms with Gasteiger partial charge in [0.15, 0.2) is 0 Å². The summed E-state index contributed by atoms with van der Waals surface area (Å²) < 4.78 is 16.2. The second-order valence-electron chi connectivity index (χ2n) is 4.84. The number of hydrogen-bond donors (Lipinski definition) is 1. The van der Waals surface area contributed by atoms with Crippen molar-refractivity contribution in [2.75, 3.05) is 27.9 Å². The Bertz CT molecular complexity index is 173. The van der Waals surface area contributed by atoms with E-state index in [0.717, 1.165) is 12.5 Å². The van der Waals surface area contributed by atoms with E-state index >= 15 is 0 Å². The number of rotatable bonds is 12. The topological polar surface area (TPSA) is 47.9 Å². The summed E-state index contributed by atoms with van der Waals surface area (Å²) in [5.41, 5.74) is 0. The third-order valence-electron chi connectivity index (χ3n) is 3.27. The maximum Gasteiger partial charge on any atom is 0.500 e. The highest BCUT2D eigenvalue weighted by Crippen LogP contribution is 2.18. The molecule has 0 aromatic heterocycles. The zero-order valence-corrected chi connectivity index (χ0v) is 15.7. The van der Waals surface area contributed by atoms with Crippen molar-refractivity contribution < 1.29 is 23.1 Å². The van der Waals surface area contributed by atoms with Gasteiger partial charge in [0, 0.05) is 34.0 Å². The van der Waals surface area contributed by atoms with Crippen LogP contribution >= 0.6 is 0 Å². The fourth-order valence-corrected chi connectivity index (χ4v) is 3.83. The SMILES string of the molecule is CCCCCCCCCC[Si](OC)(OC)OC.CCO.F. The molecule has 0 rings (SSSR count). The highest BCUT2D eigenvalue weighted by molar-refractivity contribution is 6.60. The third-order valence-corrected chi connectivity index (χ3v) is 6.10. The van der Waals surface area contributed by atoms with Crippen LogP contribution in [0.3, 0.4) is 0 Å². The lowest BCUT2D eigenvalue weighted by atomic mass is 10.1. The van der Waals surface area contributed by atoms with Gasteiger partial charge < -0.3 is 18.4 Å². The molecular weight excluding hydrogens is 291 g/mol. The fraction of sp³-hybridized carbons (Fsp3) is 1.00. The minimum Gasteiger partial charge on any atom is -0.397 e. The molecule has 0 amide bonds. The van der Waals surface area contributed by atoms with Crippen molar-refractivity contribution >= 4 is 8.80 Å². The summed E-state index contributed by atoms with van der Waals surface area (Å²) in [4.78, 5) is 0. The normalized spacial score (nSPS) is 10.6. The Hall–Kier alpha value is -0.0131.